The van der Waals surface area contributed by atoms with Crippen molar-refractivity contribution in [2.45, 2.75) is 13.0 Å². The SMILES string of the molecule is COCCOc1ccc(C(O)c2ccc(C)cc2)cc1Br. The number of aliphatic hydroxyl groups is 1. The predicted molar refractivity (Wildman–Crippen MR) is 86.8 cm³/mol. The van der Waals surface area contributed by atoms with Gasteiger partial charge >= 0.3 is 0 Å². The van der Waals surface area contributed by atoms with Crippen LogP contribution >= 0.6 is 15.9 Å². The van der Waals surface area contributed by atoms with Crippen molar-refractivity contribution in [2.75, 3.05) is 20.3 Å². The summed E-state index contributed by atoms with van der Waals surface area (Å²) >= 11 is 3.47. The van der Waals surface area contributed by atoms with Crippen LogP contribution in [0.1, 0.15) is 22.8 Å². The van der Waals surface area contributed by atoms with E-state index >= 15 is 0 Å². The normalized spacial score (nSPS) is 12.2. The summed E-state index contributed by atoms with van der Waals surface area (Å²) in [6, 6.07) is 13.5. The summed E-state index contributed by atoms with van der Waals surface area (Å²) in [5.74, 6) is 0.743. The van der Waals surface area contributed by atoms with Crippen molar-refractivity contribution in [3.63, 3.8) is 0 Å². The van der Waals surface area contributed by atoms with Crippen LogP contribution in [0, 0.1) is 6.92 Å². The Balaban J connectivity index is 2.13. The monoisotopic (exact) mass is 350 g/mol. The minimum Gasteiger partial charge on any atom is -0.490 e. The van der Waals surface area contributed by atoms with Crippen molar-refractivity contribution in [3.8, 4) is 5.75 Å². The van der Waals surface area contributed by atoms with Gasteiger partial charge in [0, 0.05) is 7.11 Å². The van der Waals surface area contributed by atoms with Gasteiger partial charge in [-0.15, -0.1) is 0 Å². The summed E-state index contributed by atoms with van der Waals surface area (Å²) in [5.41, 5.74) is 2.87. The summed E-state index contributed by atoms with van der Waals surface area (Å²) < 4.78 is 11.4. The van der Waals surface area contributed by atoms with Gasteiger partial charge in [-0.1, -0.05) is 35.9 Å². The van der Waals surface area contributed by atoms with Crippen molar-refractivity contribution in [1.29, 1.82) is 0 Å². The molecule has 0 amide bonds. The Morgan fingerprint density at radius 3 is 2.33 bits per heavy atom. The Labute approximate surface area is 133 Å². The molecule has 2 rings (SSSR count). The summed E-state index contributed by atoms with van der Waals surface area (Å²) in [7, 11) is 1.64. The van der Waals surface area contributed by atoms with E-state index in [1.165, 1.54) is 5.56 Å². The molecule has 21 heavy (non-hydrogen) atoms. The highest BCUT2D eigenvalue weighted by Gasteiger charge is 2.12. The molecule has 0 aliphatic carbocycles. The Morgan fingerprint density at radius 2 is 1.71 bits per heavy atom. The predicted octanol–water partition coefficient (Wildman–Crippen LogP) is 3.86. The molecular formula is C17H19BrO3. The van der Waals surface area contributed by atoms with E-state index in [0.29, 0.717) is 13.2 Å². The highest BCUT2D eigenvalue weighted by atomic mass is 79.9. The molecule has 0 aromatic heterocycles. The molecular weight excluding hydrogens is 332 g/mol. The molecule has 0 spiro atoms. The molecule has 1 unspecified atom stereocenters. The van der Waals surface area contributed by atoms with Gasteiger partial charge in [0.2, 0.25) is 0 Å². The van der Waals surface area contributed by atoms with Crippen LogP contribution in [-0.4, -0.2) is 25.4 Å². The fourth-order valence-electron chi connectivity index (χ4n) is 1.98. The van der Waals surface area contributed by atoms with Gasteiger partial charge in [-0.3, -0.25) is 0 Å². The molecule has 3 nitrogen and oxygen atoms in total. The first kappa shape index (κ1) is 16.0. The van der Waals surface area contributed by atoms with Crippen LogP contribution in [-0.2, 0) is 4.74 Å². The summed E-state index contributed by atoms with van der Waals surface area (Å²) in [5, 5.41) is 10.4. The van der Waals surface area contributed by atoms with Gasteiger partial charge in [0.1, 0.15) is 18.5 Å². The van der Waals surface area contributed by atoms with Gasteiger partial charge in [0.25, 0.3) is 0 Å². The Morgan fingerprint density at radius 1 is 1.05 bits per heavy atom. The van der Waals surface area contributed by atoms with Crippen molar-refractivity contribution in [2.24, 2.45) is 0 Å². The van der Waals surface area contributed by atoms with Gasteiger partial charge in [-0.25, -0.2) is 0 Å². The van der Waals surface area contributed by atoms with E-state index in [-0.39, 0.29) is 0 Å². The minimum absolute atomic E-state index is 0.495. The van der Waals surface area contributed by atoms with Gasteiger partial charge in [0.15, 0.2) is 0 Å². The lowest BCUT2D eigenvalue weighted by Gasteiger charge is -2.14. The number of halogens is 1. The van der Waals surface area contributed by atoms with Gasteiger partial charge < -0.3 is 14.6 Å². The third-order valence-electron chi connectivity index (χ3n) is 3.21. The van der Waals surface area contributed by atoms with Crippen LogP contribution in [0.3, 0.4) is 0 Å². The molecule has 1 atom stereocenters. The Bertz CT molecular complexity index is 581. The Hall–Kier alpha value is -1.36. The van der Waals surface area contributed by atoms with E-state index in [1.807, 2.05) is 49.4 Å². The van der Waals surface area contributed by atoms with Crippen molar-refractivity contribution in [1.82, 2.24) is 0 Å². The van der Waals surface area contributed by atoms with Gasteiger partial charge in [-0.2, -0.15) is 0 Å². The number of aryl methyl sites for hydroxylation is 1. The molecule has 0 aliphatic heterocycles. The number of benzene rings is 2. The van der Waals surface area contributed by atoms with Crippen molar-refractivity contribution < 1.29 is 14.6 Å². The zero-order valence-corrected chi connectivity index (χ0v) is 13.8. The molecule has 4 heteroatoms. The number of rotatable bonds is 6. The molecule has 0 saturated heterocycles. The third-order valence-corrected chi connectivity index (χ3v) is 3.83. The molecule has 0 bridgehead atoms. The first-order valence-electron chi connectivity index (χ1n) is 6.77. The second-order valence-electron chi connectivity index (χ2n) is 4.84. The van der Waals surface area contributed by atoms with E-state index in [1.54, 1.807) is 7.11 Å². The van der Waals surface area contributed by atoms with E-state index < -0.39 is 6.10 Å². The quantitative estimate of drug-likeness (QED) is 0.803. The molecule has 0 aliphatic rings. The summed E-state index contributed by atoms with van der Waals surface area (Å²) in [6.07, 6.45) is -0.644. The second-order valence-corrected chi connectivity index (χ2v) is 5.70. The first-order valence-corrected chi connectivity index (χ1v) is 7.57. The van der Waals surface area contributed by atoms with E-state index in [0.717, 1.165) is 21.3 Å². The van der Waals surface area contributed by atoms with Crippen LogP contribution < -0.4 is 4.74 Å². The number of methoxy groups -OCH3 is 1. The van der Waals surface area contributed by atoms with Crippen LogP contribution in [0.2, 0.25) is 0 Å². The third kappa shape index (κ3) is 4.30. The number of hydrogen-bond donors (Lipinski definition) is 1. The smallest absolute Gasteiger partial charge is 0.133 e. The zero-order chi connectivity index (χ0) is 15.2. The molecule has 112 valence electrons. The second kappa shape index (κ2) is 7.59. The van der Waals surface area contributed by atoms with Gasteiger partial charge in [0.05, 0.1) is 11.1 Å². The number of aliphatic hydroxyl groups excluding tert-OH is 1. The molecule has 2 aromatic carbocycles. The van der Waals surface area contributed by atoms with Crippen molar-refractivity contribution >= 4 is 15.9 Å². The highest BCUT2D eigenvalue weighted by Crippen LogP contribution is 2.30. The molecule has 1 N–H and O–H groups in total. The summed E-state index contributed by atoms with van der Waals surface area (Å²) in [4.78, 5) is 0. The van der Waals surface area contributed by atoms with E-state index in [4.69, 9.17) is 9.47 Å². The largest absolute Gasteiger partial charge is 0.490 e. The molecule has 0 heterocycles. The number of hydrogen-bond acceptors (Lipinski definition) is 3. The maximum absolute atomic E-state index is 10.4. The fraction of sp³-hybridized carbons (Fsp3) is 0.294. The standard InChI is InChI=1S/C17H19BrO3/c1-12-3-5-13(6-4-12)17(19)14-7-8-16(15(18)11-14)21-10-9-20-2/h3-8,11,17,19H,9-10H2,1-2H3. The topological polar surface area (TPSA) is 38.7 Å². The first-order chi connectivity index (χ1) is 10.1. The summed E-state index contributed by atoms with van der Waals surface area (Å²) in [6.45, 7) is 3.06. The fourth-order valence-corrected chi connectivity index (χ4v) is 2.49. The average Bonchev–Trinajstić information content (AvgIpc) is 2.49. The lowest BCUT2D eigenvalue weighted by Crippen LogP contribution is -2.05. The van der Waals surface area contributed by atoms with Crippen LogP contribution in [0.4, 0.5) is 0 Å². The van der Waals surface area contributed by atoms with Crippen LogP contribution in [0.15, 0.2) is 46.9 Å². The van der Waals surface area contributed by atoms with Gasteiger partial charge in [-0.05, 0) is 46.1 Å². The lowest BCUT2D eigenvalue weighted by molar-refractivity contribution is 0.146. The van der Waals surface area contributed by atoms with E-state index in [2.05, 4.69) is 15.9 Å². The zero-order valence-electron chi connectivity index (χ0n) is 12.2. The maximum Gasteiger partial charge on any atom is 0.133 e. The van der Waals surface area contributed by atoms with Crippen LogP contribution in [0.25, 0.3) is 0 Å². The Kier molecular flexibility index (Phi) is 5.79. The molecule has 0 radical (unpaired) electrons. The molecule has 0 saturated carbocycles. The minimum atomic E-state index is -0.644. The number of ether oxygens (including phenoxy) is 2. The lowest BCUT2D eigenvalue weighted by atomic mass is 10.0. The van der Waals surface area contributed by atoms with Crippen molar-refractivity contribution in [3.05, 3.63) is 63.6 Å². The van der Waals surface area contributed by atoms with Crippen LogP contribution in [0.5, 0.6) is 5.75 Å². The molecule has 0 fully saturated rings. The average molecular weight is 351 g/mol. The maximum atomic E-state index is 10.4. The highest BCUT2D eigenvalue weighted by molar-refractivity contribution is 9.10. The molecule has 2 aromatic rings. The van der Waals surface area contributed by atoms with E-state index in [9.17, 15) is 5.11 Å².